The van der Waals surface area contributed by atoms with E-state index >= 15 is 0 Å². The van der Waals surface area contributed by atoms with Gasteiger partial charge in [0.25, 0.3) is 5.92 Å². The molecule has 1 aromatic heterocycles. The molecule has 0 saturated carbocycles. The van der Waals surface area contributed by atoms with Gasteiger partial charge in [-0.15, -0.1) is 11.3 Å². The van der Waals surface area contributed by atoms with Gasteiger partial charge in [-0.2, -0.15) is 0 Å². The molecule has 0 aliphatic heterocycles. The number of aryl methyl sites for hydroxylation is 1. The van der Waals surface area contributed by atoms with Crippen molar-refractivity contribution in [3.05, 3.63) is 20.8 Å². The Morgan fingerprint density at radius 2 is 2.18 bits per heavy atom. The number of carbonyl (C=O) groups is 1. The van der Waals surface area contributed by atoms with Gasteiger partial charge in [-0.05, 0) is 31.4 Å². The van der Waals surface area contributed by atoms with Crippen molar-refractivity contribution in [2.45, 2.75) is 38.5 Å². The van der Waals surface area contributed by atoms with Crippen LogP contribution in [-0.4, -0.2) is 11.1 Å². The Morgan fingerprint density at radius 3 is 2.65 bits per heavy atom. The Balaban J connectivity index is 2.53. The van der Waals surface area contributed by atoms with Crippen LogP contribution in [0.1, 0.15) is 36.1 Å². The van der Waals surface area contributed by atoms with E-state index in [9.17, 15) is 13.6 Å². The minimum absolute atomic E-state index is 0.0460. The van der Waals surface area contributed by atoms with Gasteiger partial charge in [0.2, 0.25) is 0 Å². The number of aliphatic carboxylic acids is 1. The van der Waals surface area contributed by atoms with E-state index in [-0.39, 0.29) is 30.6 Å². The van der Waals surface area contributed by atoms with Crippen molar-refractivity contribution in [2.24, 2.45) is 0 Å². The highest BCUT2D eigenvalue weighted by Gasteiger charge is 2.33. The molecule has 1 N–H and O–H groups in total. The molecule has 0 fully saturated rings. The number of hydrogen-bond donors (Lipinski definition) is 1. The predicted octanol–water partition coefficient (Wildman–Crippen LogP) is 4.45. The standard InChI is InChI=1S/C11H13ClF2O2S/c1-7-6-8(17-10(7)12)11(13,14)5-3-2-4-9(15)16/h6H,2-5H2,1H3,(H,15,16). The van der Waals surface area contributed by atoms with Gasteiger partial charge in [-0.3, -0.25) is 4.79 Å². The maximum Gasteiger partial charge on any atom is 0.303 e. The molecule has 0 radical (unpaired) electrons. The lowest BCUT2D eigenvalue weighted by molar-refractivity contribution is -0.137. The molecule has 0 aromatic carbocycles. The molecular weight excluding hydrogens is 270 g/mol. The van der Waals surface area contributed by atoms with Crippen LogP contribution in [0, 0.1) is 6.92 Å². The average molecular weight is 283 g/mol. The lowest BCUT2D eigenvalue weighted by atomic mass is 10.1. The summed E-state index contributed by atoms with van der Waals surface area (Å²) in [6, 6.07) is 1.39. The Bertz CT molecular complexity index is 385. The highest BCUT2D eigenvalue weighted by Crippen LogP contribution is 2.40. The van der Waals surface area contributed by atoms with Crippen LogP contribution < -0.4 is 0 Å². The van der Waals surface area contributed by atoms with Crippen LogP contribution >= 0.6 is 22.9 Å². The molecule has 6 heteroatoms. The molecule has 0 unspecified atom stereocenters. The largest absolute Gasteiger partial charge is 0.481 e. The summed E-state index contributed by atoms with van der Waals surface area (Å²) in [5.74, 6) is -3.87. The third kappa shape index (κ3) is 4.24. The molecule has 1 rings (SSSR count). The number of rotatable bonds is 6. The van der Waals surface area contributed by atoms with Crippen LogP contribution in [-0.2, 0) is 10.7 Å². The summed E-state index contributed by atoms with van der Waals surface area (Å²) < 4.78 is 27.7. The first-order valence-electron chi connectivity index (χ1n) is 5.19. The topological polar surface area (TPSA) is 37.3 Å². The smallest absolute Gasteiger partial charge is 0.303 e. The van der Waals surface area contributed by atoms with Gasteiger partial charge in [0.1, 0.15) is 0 Å². The summed E-state index contributed by atoms with van der Waals surface area (Å²) in [6.45, 7) is 1.68. The fourth-order valence-electron chi connectivity index (χ4n) is 1.39. The molecule has 17 heavy (non-hydrogen) atoms. The summed E-state index contributed by atoms with van der Waals surface area (Å²) in [4.78, 5) is 10.2. The second-order valence-electron chi connectivity index (χ2n) is 3.87. The zero-order chi connectivity index (χ0) is 13.1. The lowest BCUT2D eigenvalue weighted by Crippen LogP contribution is -2.11. The van der Waals surface area contributed by atoms with Gasteiger partial charge in [-0.25, -0.2) is 8.78 Å². The molecule has 0 spiro atoms. The van der Waals surface area contributed by atoms with Crippen molar-refractivity contribution in [1.82, 2.24) is 0 Å². The fourth-order valence-corrected chi connectivity index (χ4v) is 2.59. The Hall–Kier alpha value is -0.680. The molecule has 1 heterocycles. The van der Waals surface area contributed by atoms with Crippen LogP contribution in [0.15, 0.2) is 6.07 Å². The van der Waals surface area contributed by atoms with Crippen LogP contribution in [0.5, 0.6) is 0 Å². The Morgan fingerprint density at radius 1 is 1.53 bits per heavy atom. The first-order valence-corrected chi connectivity index (χ1v) is 6.38. The van der Waals surface area contributed by atoms with Crippen molar-refractivity contribution in [3.63, 3.8) is 0 Å². The molecule has 0 atom stereocenters. The summed E-state index contributed by atoms with van der Waals surface area (Å²) in [5.41, 5.74) is 0.650. The zero-order valence-electron chi connectivity index (χ0n) is 9.30. The normalized spacial score (nSPS) is 11.8. The monoisotopic (exact) mass is 282 g/mol. The lowest BCUT2D eigenvalue weighted by Gasteiger charge is -2.13. The van der Waals surface area contributed by atoms with Crippen LogP contribution in [0.3, 0.4) is 0 Å². The number of unbranched alkanes of at least 4 members (excludes halogenated alkanes) is 1. The average Bonchev–Trinajstić information content (AvgIpc) is 2.55. The van der Waals surface area contributed by atoms with E-state index in [1.165, 1.54) is 6.07 Å². The zero-order valence-corrected chi connectivity index (χ0v) is 10.9. The van der Waals surface area contributed by atoms with E-state index in [1.54, 1.807) is 6.92 Å². The molecule has 0 amide bonds. The van der Waals surface area contributed by atoms with Gasteiger partial charge >= 0.3 is 5.97 Å². The third-order valence-electron chi connectivity index (χ3n) is 2.35. The van der Waals surface area contributed by atoms with E-state index < -0.39 is 11.9 Å². The first kappa shape index (κ1) is 14.4. The van der Waals surface area contributed by atoms with E-state index in [2.05, 4.69) is 0 Å². The minimum atomic E-state index is -2.92. The highest BCUT2D eigenvalue weighted by atomic mass is 35.5. The van der Waals surface area contributed by atoms with E-state index in [1.807, 2.05) is 0 Å². The van der Waals surface area contributed by atoms with Gasteiger partial charge in [0, 0.05) is 12.8 Å². The minimum Gasteiger partial charge on any atom is -0.481 e. The maximum absolute atomic E-state index is 13.7. The van der Waals surface area contributed by atoms with Crippen molar-refractivity contribution >= 4 is 28.9 Å². The summed E-state index contributed by atoms with van der Waals surface area (Å²) in [6.07, 6.45) is 0.0494. The number of hydrogen-bond acceptors (Lipinski definition) is 2. The number of alkyl halides is 2. The summed E-state index contributed by atoms with van der Waals surface area (Å²) >= 11 is 6.63. The SMILES string of the molecule is Cc1cc(C(F)(F)CCCCC(=O)O)sc1Cl. The molecule has 0 aliphatic carbocycles. The van der Waals surface area contributed by atoms with Crippen molar-refractivity contribution in [2.75, 3.05) is 0 Å². The van der Waals surface area contributed by atoms with Gasteiger partial charge < -0.3 is 5.11 Å². The van der Waals surface area contributed by atoms with Crippen LogP contribution in [0.4, 0.5) is 8.78 Å². The number of carboxylic acids is 1. The molecule has 96 valence electrons. The molecular formula is C11H13ClF2O2S. The van der Waals surface area contributed by atoms with E-state index in [0.29, 0.717) is 9.90 Å². The van der Waals surface area contributed by atoms with Crippen molar-refractivity contribution in [3.8, 4) is 0 Å². The Labute approximate surface area is 107 Å². The molecule has 0 aliphatic rings. The van der Waals surface area contributed by atoms with Gasteiger partial charge in [0.15, 0.2) is 0 Å². The predicted molar refractivity (Wildman–Crippen MR) is 64.1 cm³/mol. The first-order chi connectivity index (χ1) is 7.83. The molecule has 0 saturated heterocycles. The molecule has 1 aromatic rings. The second kappa shape index (κ2) is 5.78. The van der Waals surface area contributed by atoms with Gasteiger partial charge in [-0.1, -0.05) is 11.6 Å². The van der Waals surface area contributed by atoms with Crippen molar-refractivity contribution < 1.29 is 18.7 Å². The maximum atomic E-state index is 13.7. The van der Waals surface area contributed by atoms with Gasteiger partial charge in [0.05, 0.1) is 9.21 Å². The van der Waals surface area contributed by atoms with Crippen LogP contribution in [0.2, 0.25) is 4.34 Å². The molecule has 2 nitrogen and oxygen atoms in total. The molecule has 0 bridgehead atoms. The third-order valence-corrected chi connectivity index (χ3v) is 4.02. The van der Waals surface area contributed by atoms with Crippen LogP contribution in [0.25, 0.3) is 0 Å². The Kier molecular flexibility index (Phi) is 4.89. The summed E-state index contributed by atoms with van der Waals surface area (Å²) in [7, 11) is 0. The number of carboxylic acid groups (broad SMARTS) is 1. The quantitative estimate of drug-likeness (QED) is 0.783. The second-order valence-corrected chi connectivity index (χ2v) is 5.53. The van der Waals surface area contributed by atoms with E-state index in [0.717, 1.165) is 11.3 Å². The number of halogens is 3. The fraction of sp³-hybridized carbons (Fsp3) is 0.545. The van der Waals surface area contributed by atoms with Crippen molar-refractivity contribution in [1.29, 1.82) is 0 Å². The van der Waals surface area contributed by atoms with E-state index in [4.69, 9.17) is 16.7 Å². The number of thiophene rings is 1. The highest BCUT2D eigenvalue weighted by molar-refractivity contribution is 7.16. The summed E-state index contributed by atoms with van der Waals surface area (Å²) in [5, 5.41) is 8.40.